The first-order valence-electron chi connectivity index (χ1n) is 9.24. The zero-order valence-electron chi connectivity index (χ0n) is 15.7. The van der Waals surface area contributed by atoms with Gasteiger partial charge in [-0.15, -0.1) is 0 Å². The molecule has 0 atom stereocenters. The first kappa shape index (κ1) is 19.8. The summed E-state index contributed by atoms with van der Waals surface area (Å²) in [6, 6.07) is 20.0. The number of aryl methyl sites for hydroxylation is 1. The van der Waals surface area contributed by atoms with Gasteiger partial charge in [0.2, 0.25) is 0 Å². The van der Waals surface area contributed by atoms with Crippen LogP contribution in [-0.4, -0.2) is 19.1 Å². The maximum atomic E-state index is 12.7. The van der Waals surface area contributed by atoms with Crippen LogP contribution < -0.4 is 4.83 Å². The molecule has 144 valence electrons. The van der Waals surface area contributed by atoms with Crippen molar-refractivity contribution in [1.82, 2.24) is 9.82 Å². The van der Waals surface area contributed by atoms with E-state index in [1.54, 1.807) is 30.6 Å². The van der Waals surface area contributed by atoms with E-state index in [9.17, 15) is 8.42 Å². The lowest BCUT2D eigenvalue weighted by Gasteiger charge is -2.09. The number of pyridine rings is 1. The zero-order chi connectivity index (χ0) is 19.8. The molecule has 0 aliphatic heterocycles. The summed E-state index contributed by atoms with van der Waals surface area (Å²) < 4.78 is 25.4. The molecule has 1 heterocycles. The molecule has 0 amide bonds. The SMILES string of the molecule is CCCCc1ccc(S(=O)(=O)N/N=C(\c2ccccc2)c2cccnc2)cc1. The third kappa shape index (κ3) is 5.04. The molecule has 0 saturated heterocycles. The normalized spacial score (nSPS) is 12.0. The van der Waals surface area contributed by atoms with Crippen molar-refractivity contribution in [3.63, 3.8) is 0 Å². The molecule has 0 spiro atoms. The molecular weight excluding hydrogens is 370 g/mol. The molecule has 28 heavy (non-hydrogen) atoms. The molecule has 1 N–H and O–H groups in total. The number of hydrazone groups is 1. The summed E-state index contributed by atoms with van der Waals surface area (Å²) in [5.74, 6) is 0. The Balaban J connectivity index is 1.87. The predicted molar refractivity (Wildman–Crippen MR) is 112 cm³/mol. The van der Waals surface area contributed by atoms with Gasteiger partial charge in [0.1, 0.15) is 5.71 Å². The first-order valence-corrected chi connectivity index (χ1v) is 10.7. The van der Waals surface area contributed by atoms with Gasteiger partial charge < -0.3 is 0 Å². The van der Waals surface area contributed by atoms with Crippen LogP contribution in [-0.2, 0) is 16.4 Å². The van der Waals surface area contributed by atoms with Gasteiger partial charge in [0.15, 0.2) is 0 Å². The minimum absolute atomic E-state index is 0.190. The molecule has 5 nitrogen and oxygen atoms in total. The molecule has 0 aliphatic rings. The van der Waals surface area contributed by atoms with Gasteiger partial charge in [-0.05, 0) is 42.7 Å². The average Bonchev–Trinajstić information content (AvgIpc) is 2.74. The summed E-state index contributed by atoms with van der Waals surface area (Å²) >= 11 is 0. The van der Waals surface area contributed by atoms with Crippen LogP contribution in [0.25, 0.3) is 0 Å². The zero-order valence-corrected chi connectivity index (χ0v) is 16.6. The van der Waals surface area contributed by atoms with Crippen LogP contribution in [0.15, 0.2) is 89.1 Å². The summed E-state index contributed by atoms with van der Waals surface area (Å²) in [6.45, 7) is 2.13. The molecule has 0 bridgehead atoms. The number of hydrogen-bond donors (Lipinski definition) is 1. The predicted octanol–water partition coefficient (Wildman–Crippen LogP) is 4.16. The van der Waals surface area contributed by atoms with E-state index in [0.29, 0.717) is 5.71 Å². The smallest absolute Gasteiger partial charge is 0.264 e. The molecule has 0 radical (unpaired) electrons. The number of nitrogens with one attached hydrogen (secondary N) is 1. The highest BCUT2D eigenvalue weighted by molar-refractivity contribution is 7.89. The quantitative estimate of drug-likeness (QED) is 0.461. The van der Waals surface area contributed by atoms with E-state index in [1.807, 2.05) is 48.5 Å². The van der Waals surface area contributed by atoms with Crippen molar-refractivity contribution in [3.05, 3.63) is 95.8 Å². The molecule has 1 aromatic heterocycles. The topological polar surface area (TPSA) is 71.4 Å². The number of hydrogen-bond acceptors (Lipinski definition) is 4. The Labute approximate surface area is 166 Å². The molecule has 0 unspecified atom stereocenters. The highest BCUT2D eigenvalue weighted by atomic mass is 32.2. The van der Waals surface area contributed by atoms with E-state index in [-0.39, 0.29) is 4.90 Å². The van der Waals surface area contributed by atoms with Crippen LogP contribution in [0.1, 0.15) is 36.5 Å². The Kier molecular flexibility index (Phi) is 6.55. The largest absolute Gasteiger partial charge is 0.276 e. The van der Waals surface area contributed by atoms with E-state index in [0.717, 1.165) is 36.0 Å². The van der Waals surface area contributed by atoms with Gasteiger partial charge in [-0.25, -0.2) is 0 Å². The highest BCUT2D eigenvalue weighted by Gasteiger charge is 2.14. The second-order valence-corrected chi connectivity index (χ2v) is 8.07. The number of aromatic nitrogens is 1. The molecule has 0 saturated carbocycles. The fourth-order valence-electron chi connectivity index (χ4n) is 2.77. The summed E-state index contributed by atoms with van der Waals surface area (Å²) in [6.07, 6.45) is 6.45. The number of sulfonamides is 1. The van der Waals surface area contributed by atoms with Crippen molar-refractivity contribution in [2.24, 2.45) is 5.10 Å². The van der Waals surface area contributed by atoms with Crippen molar-refractivity contribution < 1.29 is 8.42 Å². The van der Waals surface area contributed by atoms with Gasteiger partial charge in [-0.3, -0.25) is 4.98 Å². The van der Waals surface area contributed by atoms with Crippen LogP contribution in [0, 0.1) is 0 Å². The number of rotatable bonds is 8. The Morgan fingerprint density at radius 1 is 0.964 bits per heavy atom. The summed E-state index contributed by atoms with van der Waals surface area (Å²) in [4.78, 5) is 6.67. The van der Waals surface area contributed by atoms with E-state index >= 15 is 0 Å². The van der Waals surface area contributed by atoms with Crippen molar-refractivity contribution in [1.29, 1.82) is 0 Å². The van der Waals surface area contributed by atoms with Gasteiger partial charge in [-0.1, -0.05) is 55.8 Å². The lowest BCUT2D eigenvalue weighted by molar-refractivity contribution is 0.584. The minimum Gasteiger partial charge on any atom is -0.264 e. The summed E-state index contributed by atoms with van der Waals surface area (Å²) in [5.41, 5.74) is 3.17. The fourth-order valence-corrected chi connectivity index (χ4v) is 3.58. The average molecular weight is 394 g/mol. The standard InChI is InChI=1S/C22H23N3O2S/c1-2-3-8-18-12-14-21(15-13-18)28(26,27)25-24-22(19-9-5-4-6-10-19)20-11-7-16-23-17-20/h4-7,9-17,25H,2-3,8H2,1H3/b24-22+. The van der Waals surface area contributed by atoms with Gasteiger partial charge in [0.25, 0.3) is 10.0 Å². The van der Waals surface area contributed by atoms with Crippen LogP contribution in [0.2, 0.25) is 0 Å². The van der Waals surface area contributed by atoms with E-state index in [1.165, 1.54) is 0 Å². The maximum Gasteiger partial charge on any atom is 0.276 e. The van der Waals surface area contributed by atoms with Crippen LogP contribution in [0.4, 0.5) is 0 Å². The Bertz CT molecular complexity index is 975. The summed E-state index contributed by atoms with van der Waals surface area (Å²) in [5, 5.41) is 4.22. The van der Waals surface area contributed by atoms with Crippen molar-refractivity contribution >= 4 is 15.7 Å². The lowest BCUT2D eigenvalue weighted by atomic mass is 10.0. The van der Waals surface area contributed by atoms with E-state index in [4.69, 9.17) is 0 Å². The number of unbranched alkanes of at least 4 members (excludes halogenated alkanes) is 1. The van der Waals surface area contributed by atoms with Gasteiger partial charge in [-0.2, -0.15) is 18.4 Å². The van der Waals surface area contributed by atoms with Gasteiger partial charge in [0.05, 0.1) is 4.90 Å². The fraction of sp³-hybridized carbons (Fsp3) is 0.182. The number of benzene rings is 2. The van der Waals surface area contributed by atoms with E-state index in [2.05, 4.69) is 21.8 Å². The number of nitrogens with zero attached hydrogens (tertiary/aromatic N) is 2. The molecule has 3 aromatic rings. The van der Waals surface area contributed by atoms with Crippen LogP contribution >= 0.6 is 0 Å². The lowest BCUT2D eigenvalue weighted by Crippen LogP contribution is -2.21. The van der Waals surface area contributed by atoms with Crippen LogP contribution in [0.5, 0.6) is 0 Å². The third-order valence-corrected chi connectivity index (χ3v) is 5.54. The summed E-state index contributed by atoms with van der Waals surface area (Å²) in [7, 11) is -3.77. The van der Waals surface area contributed by atoms with Crippen molar-refractivity contribution in [3.8, 4) is 0 Å². The molecule has 6 heteroatoms. The maximum absolute atomic E-state index is 12.7. The Hall–Kier alpha value is -2.99. The van der Waals surface area contributed by atoms with Crippen LogP contribution in [0.3, 0.4) is 0 Å². The molecule has 3 rings (SSSR count). The Morgan fingerprint density at radius 3 is 2.32 bits per heavy atom. The second kappa shape index (κ2) is 9.28. The third-order valence-electron chi connectivity index (χ3n) is 4.31. The van der Waals surface area contributed by atoms with Crippen molar-refractivity contribution in [2.75, 3.05) is 0 Å². The van der Waals surface area contributed by atoms with Crippen molar-refractivity contribution in [2.45, 2.75) is 31.1 Å². The highest BCUT2D eigenvalue weighted by Crippen LogP contribution is 2.14. The molecule has 0 aliphatic carbocycles. The monoisotopic (exact) mass is 393 g/mol. The van der Waals surface area contributed by atoms with Gasteiger partial charge >= 0.3 is 0 Å². The van der Waals surface area contributed by atoms with E-state index < -0.39 is 10.0 Å². The Morgan fingerprint density at radius 2 is 1.68 bits per heavy atom. The molecule has 0 fully saturated rings. The molecular formula is C22H23N3O2S. The second-order valence-electron chi connectivity index (χ2n) is 6.41. The molecule has 2 aromatic carbocycles. The van der Waals surface area contributed by atoms with Gasteiger partial charge in [0, 0.05) is 23.5 Å². The first-order chi connectivity index (χ1) is 13.6. The minimum atomic E-state index is -3.77.